The molecule has 0 amide bonds. The van der Waals surface area contributed by atoms with E-state index >= 15 is 4.39 Å². The Kier molecular flexibility index (Phi) is 7.27. The van der Waals surface area contributed by atoms with E-state index in [0.29, 0.717) is 36.0 Å². The van der Waals surface area contributed by atoms with Crippen LogP contribution < -0.4 is 9.64 Å². The Morgan fingerprint density at radius 1 is 1.13 bits per heavy atom. The standard InChI is InChI=1S/C34H35F2N5O4/c1-3-23-26(35)7-6-20-14-22(43)15-24(27(20)23)29-28(36)30-25(16-37-29)31(40-12-4-9-33(2,44)18-40)39-32(38-30)45-19-34-10-5-13-41(34)21(17-42)8-11-34/h1,6-7,14-16,21,42-44H,4-5,8-13,17-19H2,2H3/t21-,33+,34+/m0/s1. The molecule has 5 heterocycles. The third kappa shape index (κ3) is 5.01. The number of piperidine rings is 1. The second-order valence-corrected chi connectivity index (χ2v) is 12.9. The quantitative estimate of drug-likeness (QED) is 0.269. The van der Waals surface area contributed by atoms with E-state index in [9.17, 15) is 19.7 Å². The SMILES string of the molecule is C#Cc1c(F)ccc2cc(O)cc(-c3ncc4c(N5CCC[C@@](C)(O)C5)nc(OC[C@]56CCCN5[C@H](CO)CC6)nc4c3F)c12. The van der Waals surface area contributed by atoms with Crippen LogP contribution in [0.1, 0.15) is 51.0 Å². The summed E-state index contributed by atoms with van der Waals surface area (Å²) in [7, 11) is 0. The highest BCUT2D eigenvalue weighted by molar-refractivity contribution is 6.03. The Hall–Kier alpha value is -4.11. The Labute approximate surface area is 259 Å². The van der Waals surface area contributed by atoms with Crippen molar-refractivity contribution in [2.24, 2.45) is 0 Å². The number of hydrogen-bond acceptors (Lipinski definition) is 9. The summed E-state index contributed by atoms with van der Waals surface area (Å²) in [4.78, 5) is 17.9. The van der Waals surface area contributed by atoms with E-state index in [0.717, 1.165) is 32.2 Å². The number of phenols is 1. The van der Waals surface area contributed by atoms with Crippen molar-refractivity contribution in [2.45, 2.75) is 62.6 Å². The summed E-state index contributed by atoms with van der Waals surface area (Å²) in [5.41, 5.74) is -1.37. The molecule has 2 aromatic heterocycles. The van der Waals surface area contributed by atoms with Gasteiger partial charge in [-0.15, -0.1) is 6.42 Å². The lowest BCUT2D eigenvalue weighted by atomic mass is 9.94. The lowest BCUT2D eigenvalue weighted by Crippen LogP contribution is -2.47. The molecule has 3 saturated heterocycles. The number of aliphatic hydroxyl groups excluding tert-OH is 1. The average molecular weight is 616 g/mol. The second-order valence-electron chi connectivity index (χ2n) is 12.9. The smallest absolute Gasteiger partial charge is 0.319 e. The minimum Gasteiger partial charge on any atom is -0.508 e. The van der Waals surface area contributed by atoms with Gasteiger partial charge in [-0.2, -0.15) is 9.97 Å². The number of benzene rings is 2. The monoisotopic (exact) mass is 615 g/mol. The van der Waals surface area contributed by atoms with E-state index in [2.05, 4.69) is 20.8 Å². The van der Waals surface area contributed by atoms with E-state index < -0.39 is 17.2 Å². The number of hydrogen-bond donors (Lipinski definition) is 3. The number of halogens is 2. The summed E-state index contributed by atoms with van der Waals surface area (Å²) in [6, 6.07) is 5.50. The molecule has 3 atom stereocenters. The first-order valence-corrected chi connectivity index (χ1v) is 15.4. The average Bonchev–Trinajstić information content (AvgIpc) is 3.58. The maximum absolute atomic E-state index is 16.7. The molecule has 0 bridgehead atoms. The van der Waals surface area contributed by atoms with E-state index in [1.54, 1.807) is 6.92 Å². The molecule has 2 aromatic carbocycles. The van der Waals surface area contributed by atoms with Gasteiger partial charge in [-0.1, -0.05) is 12.0 Å². The number of nitrogens with zero attached hydrogens (tertiary/aromatic N) is 5. The molecule has 0 unspecified atom stereocenters. The van der Waals surface area contributed by atoms with Gasteiger partial charge in [0.2, 0.25) is 0 Å². The molecule has 0 radical (unpaired) electrons. The van der Waals surface area contributed by atoms with E-state index in [4.69, 9.17) is 16.1 Å². The first-order valence-electron chi connectivity index (χ1n) is 15.4. The van der Waals surface area contributed by atoms with Gasteiger partial charge in [-0.25, -0.2) is 8.78 Å². The van der Waals surface area contributed by atoms with Gasteiger partial charge in [0.25, 0.3) is 0 Å². The van der Waals surface area contributed by atoms with Gasteiger partial charge in [0, 0.05) is 36.3 Å². The second kappa shape index (κ2) is 11.1. The maximum Gasteiger partial charge on any atom is 0.319 e. The van der Waals surface area contributed by atoms with Crippen LogP contribution in [0.15, 0.2) is 30.5 Å². The molecule has 7 rings (SSSR count). The highest BCUT2D eigenvalue weighted by Gasteiger charge is 2.49. The molecule has 234 valence electrons. The number of phenolic OH excluding ortho intramolecular Hbond substituents is 1. The summed E-state index contributed by atoms with van der Waals surface area (Å²) >= 11 is 0. The molecule has 11 heteroatoms. The third-order valence-corrected chi connectivity index (χ3v) is 9.78. The van der Waals surface area contributed by atoms with Crippen molar-refractivity contribution < 1.29 is 28.8 Å². The van der Waals surface area contributed by atoms with Crippen LogP contribution in [0.2, 0.25) is 0 Å². The largest absolute Gasteiger partial charge is 0.508 e. The number of fused-ring (bicyclic) bond motifs is 3. The Balaban J connectivity index is 1.37. The fourth-order valence-electron chi connectivity index (χ4n) is 7.67. The Morgan fingerprint density at radius 3 is 2.73 bits per heavy atom. The van der Waals surface area contributed by atoms with Crippen molar-refractivity contribution in [3.05, 3.63) is 47.7 Å². The number of terminal acetylenes is 1. The molecular weight excluding hydrogens is 580 g/mol. The summed E-state index contributed by atoms with van der Waals surface area (Å²) in [5, 5.41) is 32.3. The Morgan fingerprint density at radius 2 is 1.96 bits per heavy atom. The topological polar surface area (TPSA) is 115 Å². The van der Waals surface area contributed by atoms with Crippen LogP contribution >= 0.6 is 0 Å². The molecule has 4 aromatic rings. The predicted octanol–water partition coefficient (Wildman–Crippen LogP) is 4.53. The predicted molar refractivity (Wildman–Crippen MR) is 166 cm³/mol. The molecule has 0 saturated carbocycles. The Bertz CT molecular complexity index is 1860. The van der Waals surface area contributed by atoms with Crippen molar-refractivity contribution >= 4 is 27.5 Å². The van der Waals surface area contributed by atoms with E-state index in [-0.39, 0.29) is 70.8 Å². The number of β-amino-alcohol motifs (C(OH)–C–C–N with tert-alkyl or cyclic N) is 1. The van der Waals surface area contributed by atoms with Crippen molar-refractivity contribution in [3.8, 4) is 35.4 Å². The van der Waals surface area contributed by atoms with Crippen LogP contribution in [0.5, 0.6) is 11.8 Å². The molecule has 3 aliphatic rings. The van der Waals surface area contributed by atoms with Crippen molar-refractivity contribution in [2.75, 3.05) is 37.7 Å². The molecule has 0 aliphatic carbocycles. The van der Waals surface area contributed by atoms with Crippen LogP contribution in [-0.4, -0.2) is 85.2 Å². The van der Waals surface area contributed by atoms with Crippen LogP contribution in [0.25, 0.3) is 32.9 Å². The molecule has 3 aliphatic heterocycles. The van der Waals surface area contributed by atoms with Crippen molar-refractivity contribution in [1.82, 2.24) is 19.9 Å². The van der Waals surface area contributed by atoms with Gasteiger partial charge in [0.15, 0.2) is 5.82 Å². The van der Waals surface area contributed by atoms with E-state index in [1.165, 1.54) is 30.5 Å². The fourth-order valence-corrected chi connectivity index (χ4v) is 7.67. The molecule has 3 fully saturated rings. The summed E-state index contributed by atoms with van der Waals surface area (Å²) < 4.78 is 37.8. The lowest BCUT2D eigenvalue weighted by molar-refractivity contribution is 0.0446. The summed E-state index contributed by atoms with van der Waals surface area (Å²) in [6.07, 6.45) is 12.1. The zero-order chi connectivity index (χ0) is 31.5. The number of aromatic nitrogens is 3. The van der Waals surface area contributed by atoms with Crippen LogP contribution in [0.3, 0.4) is 0 Å². The number of ether oxygens (including phenoxy) is 1. The zero-order valence-electron chi connectivity index (χ0n) is 25.1. The fraction of sp³-hybridized carbons (Fsp3) is 0.441. The summed E-state index contributed by atoms with van der Waals surface area (Å²) in [6.45, 7) is 3.88. The normalized spacial score (nSPS) is 25.2. The van der Waals surface area contributed by atoms with Gasteiger partial charge in [-0.05, 0) is 75.6 Å². The number of rotatable bonds is 6. The van der Waals surface area contributed by atoms with Crippen molar-refractivity contribution in [3.63, 3.8) is 0 Å². The lowest BCUT2D eigenvalue weighted by Gasteiger charge is -2.38. The third-order valence-electron chi connectivity index (χ3n) is 9.78. The van der Waals surface area contributed by atoms with Gasteiger partial charge in [0.05, 0.1) is 28.7 Å². The van der Waals surface area contributed by atoms with E-state index in [1.807, 2.05) is 4.90 Å². The molecule has 0 spiro atoms. The number of pyridine rings is 1. The minimum atomic E-state index is -0.967. The van der Waals surface area contributed by atoms with Crippen LogP contribution in [0.4, 0.5) is 14.6 Å². The number of aromatic hydroxyl groups is 1. The van der Waals surface area contributed by atoms with Crippen LogP contribution in [0, 0.1) is 24.0 Å². The van der Waals surface area contributed by atoms with Gasteiger partial charge < -0.3 is 25.0 Å². The number of anilines is 1. The summed E-state index contributed by atoms with van der Waals surface area (Å²) in [5.74, 6) is 1.15. The van der Waals surface area contributed by atoms with Crippen LogP contribution in [-0.2, 0) is 0 Å². The number of aliphatic hydroxyl groups is 2. The first kappa shape index (κ1) is 29.6. The van der Waals surface area contributed by atoms with Crippen molar-refractivity contribution in [1.29, 1.82) is 0 Å². The van der Waals surface area contributed by atoms with Gasteiger partial charge in [0.1, 0.15) is 35.2 Å². The highest BCUT2D eigenvalue weighted by Crippen LogP contribution is 2.43. The minimum absolute atomic E-state index is 0.0106. The first-order chi connectivity index (χ1) is 21.6. The molecular formula is C34H35F2N5O4. The highest BCUT2D eigenvalue weighted by atomic mass is 19.1. The molecule has 45 heavy (non-hydrogen) atoms. The van der Waals surface area contributed by atoms with Gasteiger partial charge in [-0.3, -0.25) is 9.88 Å². The zero-order valence-corrected chi connectivity index (χ0v) is 25.1. The van der Waals surface area contributed by atoms with Gasteiger partial charge >= 0.3 is 6.01 Å². The molecule has 3 N–H and O–H groups in total. The molecule has 9 nitrogen and oxygen atoms in total. The maximum atomic E-state index is 16.7.